The maximum atomic E-state index is 13.0. The minimum absolute atomic E-state index is 0.0586. The molecule has 0 radical (unpaired) electrons. The Balaban J connectivity index is 1.22. The minimum atomic E-state index is -1.08. The topological polar surface area (TPSA) is 170 Å². The summed E-state index contributed by atoms with van der Waals surface area (Å²) in [5.41, 5.74) is 2.52. The number of hydrogen-bond acceptors (Lipinski definition) is 8. The summed E-state index contributed by atoms with van der Waals surface area (Å²) in [7, 11) is 0. The van der Waals surface area contributed by atoms with Crippen LogP contribution < -0.4 is 16.0 Å². The molecule has 232 valence electrons. The fourth-order valence-corrected chi connectivity index (χ4v) is 5.94. The van der Waals surface area contributed by atoms with Gasteiger partial charge in [0.1, 0.15) is 12.4 Å². The second kappa shape index (κ2) is 13.2. The number of fused-ring (bicyclic) bond motifs is 2. The van der Waals surface area contributed by atoms with Gasteiger partial charge in [0.25, 0.3) is 0 Å². The highest BCUT2D eigenvalue weighted by Crippen LogP contribution is 2.45. The second-order valence-corrected chi connectivity index (χ2v) is 10.9. The van der Waals surface area contributed by atoms with Crippen molar-refractivity contribution in [3.8, 4) is 0 Å². The van der Waals surface area contributed by atoms with Crippen LogP contribution in [0.5, 0.6) is 0 Å². The van der Waals surface area contributed by atoms with Crippen molar-refractivity contribution in [3.05, 3.63) is 90.0 Å². The van der Waals surface area contributed by atoms with E-state index >= 15 is 0 Å². The molecule has 1 saturated heterocycles. The third-order valence-corrected chi connectivity index (χ3v) is 7.99. The molecule has 0 spiro atoms. The van der Waals surface area contributed by atoms with Crippen LogP contribution in [-0.2, 0) is 20.7 Å². The number of aromatic carboxylic acids is 1. The van der Waals surface area contributed by atoms with E-state index in [0.29, 0.717) is 36.2 Å². The summed E-state index contributed by atoms with van der Waals surface area (Å²) in [6, 6.07) is 15.7. The fraction of sp³-hybridized carbons (Fsp3) is 0.312. The van der Waals surface area contributed by atoms with E-state index in [1.807, 2.05) is 54.0 Å². The number of rotatable bonds is 10. The van der Waals surface area contributed by atoms with E-state index in [1.54, 1.807) is 24.5 Å². The first-order valence-corrected chi connectivity index (χ1v) is 14.8. The third-order valence-electron chi connectivity index (χ3n) is 7.99. The first-order valence-electron chi connectivity index (χ1n) is 14.8. The molecule has 1 aliphatic carbocycles. The largest absolute Gasteiger partial charge is 0.478 e. The minimum Gasteiger partial charge on any atom is -0.478 e. The molecule has 4 N–H and O–H groups in total. The summed E-state index contributed by atoms with van der Waals surface area (Å²) in [5, 5.41) is 17.9. The van der Waals surface area contributed by atoms with Crippen molar-refractivity contribution in [3.63, 3.8) is 0 Å². The van der Waals surface area contributed by atoms with Crippen molar-refractivity contribution in [2.75, 3.05) is 18.4 Å². The standard InChI is InChI=1S/C32H33N7O6/c1-2-33-32(43)38-29-26-30(36-17-35-29)39(18-37-26)23-14-21(16-34-24(40)15-20-10-6-7-11-22(20)31(41)42)27-28(23)45-25(44-27)13-12-19-8-4-3-5-9-19/h3-13,17-18,21,23,25,27-28H,2,14-16H2,1H3,(H,34,40)(H,41,42)(H2,33,35,36,38,43)/b13-12+/t21?,23?,25-,27?,28?/m0/s1. The number of nitrogens with one attached hydrogen (secondary N) is 3. The van der Waals surface area contributed by atoms with Crippen LogP contribution in [-0.4, -0.2) is 74.1 Å². The lowest BCUT2D eigenvalue weighted by Gasteiger charge is -2.20. The van der Waals surface area contributed by atoms with Gasteiger partial charge in [-0.15, -0.1) is 0 Å². The Labute approximate surface area is 258 Å². The molecule has 45 heavy (non-hydrogen) atoms. The number of hydrogen-bond donors (Lipinski definition) is 4. The van der Waals surface area contributed by atoms with Crippen molar-refractivity contribution in [2.45, 2.75) is 44.3 Å². The molecule has 2 aliphatic rings. The maximum Gasteiger partial charge on any atom is 0.335 e. The van der Waals surface area contributed by atoms with Gasteiger partial charge < -0.3 is 29.8 Å². The van der Waals surface area contributed by atoms with Crippen molar-refractivity contribution < 1.29 is 29.0 Å². The molecule has 2 fully saturated rings. The Bertz CT molecular complexity index is 1730. The fourth-order valence-electron chi connectivity index (χ4n) is 5.94. The summed E-state index contributed by atoms with van der Waals surface area (Å²) >= 11 is 0. The molecule has 3 heterocycles. The number of carbonyl (C=O) groups excluding carboxylic acids is 2. The van der Waals surface area contributed by atoms with E-state index in [0.717, 1.165) is 5.56 Å². The highest BCUT2D eigenvalue weighted by Gasteiger charge is 2.52. The molecule has 1 saturated carbocycles. The Hall–Kier alpha value is -5.14. The third kappa shape index (κ3) is 6.54. The smallest absolute Gasteiger partial charge is 0.335 e. The van der Waals surface area contributed by atoms with E-state index in [4.69, 9.17) is 9.47 Å². The number of aromatic nitrogens is 4. The first kappa shape index (κ1) is 29.9. The number of ether oxygens (including phenoxy) is 2. The average molecular weight is 612 g/mol. The molecule has 2 aromatic carbocycles. The van der Waals surface area contributed by atoms with Crippen molar-refractivity contribution in [2.24, 2.45) is 5.92 Å². The van der Waals surface area contributed by atoms with Crippen LogP contribution in [0, 0.1) is 5.92 Å². The number of amides is 3. The number of carboxylic acids is 1. The maximum absolute atomic E-state index is 13.0. The molecule has 4 aromatic rings. The van der Waals surface area contributed by atoms with Crippen LogP contribution in [0.25, 0.3) is 17.2 Å². The molecule has 13 heteroatoms. The average Bonchev–Trinajstić information content (AvgIpc) is 3.74. The molecule has 5 atom stereocenters. The Morgan fingerprint density at radius 1 is 1.00 bits per heavy atom. The van der Waals surface area contributed by atoms with E-state index in [-0.39, 0.29) is 47.9 Å². The predicted octanol–water partition coefficient (Wildman–Crippen LogP) is 3.41. The number of urea groups is 1. The highest BCUT2D eigenvalue weighted by molar-refractivity contribution is 5.96. The normalized spacial score (nSPS) is 22.4. The van der Waals surface area contributed by atoms with Gasteiger partial charge in [-0.2, -0.15) is 0 Å². The predicted molar refractivity (Wildman–Crippen MR) is 164 cm³/mol. The summed E-state index contributed by atoms with van der Waals surface area (Å²) in [4.78, 5) is 49.9. The monoisotopic (exact) mass is 611 g/mol. The van der Waals surface area contributed by atoms with Crippen molar-refractivity contribution in [1.82, 2.24) is 30.2 Å². The summed E-state index contributed by atoms with van der Waals surface area (Å²) in [6.45, 7) is 2.58. The Morgan fingerprint density at radius 2 is 1.78 bits per heavy atom. The Kier molecular flexibility index (Phi) is 8.80. The van der Waals surface area contributed by atoms with E-state index < -0.39 is 18.3 Å². The lowest BCUT2D eigenvalue weighted by molar-refractivity contribution is -0.120. The van der Waals surface area contributed by atoms with Crippen molar-refractivity contribution in [1.29, 1.82) is 0 Å². The van der Waals surface area contributed by atoms with E-state index in [1.165, 1.54) is 12.4 Å². The zero-order chi connectivity index (χ0) is 31.3. The lowest BCUT2D eigenvalue weighted by atomic mass is 10.0. The molecule has 3 amide bonds. The van der Waals surface area contributed by atoms with Gasteiger partial charge in [0.05, 0.1) is 30.5 Å². The zero-order valence-electron chi connectivity index (χ0n) is 24.5. The number of benzene rings is 2. The number of anilines is 1. The van der Waals surface area contributed by atoms with Gasteiger partial charge in [-0.25, -0.2) is 24.5 Å². The van der Waals surface area contributed by atoms with Crippen molar-refractivity contribution >= 4 is 41.0 Å². The Morgan fingerprint density at radius 3 is 2.58 bits per heavy atom. The number of carbonyl (C=O) groups is 3. The molecule has 4 unspecified atom stereocenters. The molecular formula is C32H33N7O6. The van der Waals surface area contributed by atoms with Crippen LogP contribution in [0.3, 0.4) is 0 Å². The highest BCUT2D eigenvalue weighted by atomic mass is 16.7. The SMILES string of the molecule is CCNC(=O)Nc1ncnc2c1ncn2C1CC(CNC(=O)Cc2ccccc2C(=O)O)C2O[C@H](/C=C/c3ccccc3)OC21. The zero-order valence-corrected chi connectivity index (χ0v) is 24.5. The van der Waals surface area contributed by atoms with Gasteiger partial charge in [-0.1, -0.05) is 54.6 Å². The number of nitrogens with zero attached hydrogens (tertiary/aromatic N) is 4. The summed E-state index contributed by atoms with van der Waals surface area (Å²) < 4.78 is 14.7. The van der Waals surface area contributed by atoms with Gasteiger partial charge in [0, 0.05) is 19.0 Å². The van der Waals surface area contributed by atoms with Gasteiger partial charge in [0.15, 0.2) is 23.3 Å². The van der Waals surface area contributed by atoms with Crippen LogP contribution in [0.15, 0.2) is 73.3 Å². The van der Waals surface area contributed by atoms with Gasteiger partial charge in [0.2, 0.25) is 5.91 Å². The molecule has 1 aliphatic heterocycles. The molecule has 13 nitrogen and oxygen atoms in total. The summed E-state index contributed by atoms with van der Waals surface area (Å²) in [5.74, 6) is -1.20. The van der Waals surface area contributed by atoms with Crippen LogP contribution >= 0.6 is 0 Å². The van der Waals surface area contributed by atoms with E-state index in [9.17, 15) is 19.5 Å². The number of carboxylic acid groups (broad SMARTS) is 1. The molecule has 6 rings (SSSR count). The first-order chi connectivity index (χ1) is 21.9. The van der Waals surface area contributed by atoms with Crippen LogP contribution in [0.2, 0.25) is 0 Å². The molecule has 0 bridgehead atoms. The summed E-state index contributed by atoms with van der Waals surface area (Å²) in [6.07, 6.45) is 6.03. The van der Waals surface area contributed by atoms with Crippen LogP contribution in [0.4, 0.5) is 10.6 Å². The van der Waals surface area contributed by atoms with Gasteiger partial charge in [-0.3, -0.25) is 10.1 Å². The van der Waals surface area contributed by atoms with Gasteiger partial charge >= 0.3 is 12.0 Å². The van der Waals surface area contributed by atoms with E-state index in [2.05, 4.69) is 30.9 Å². The molecule has 2 aromatic heterocycles. The van der Waals surface area contributed by atoms with Gasteiger partial charge in [-0.05, 0) is 36.6 Å². The second-order valence-electron chi connectivity index (χ2n) is 10.9. The quantitative estimate of drug-likeness (QED) is 0.210. The van der Waals surface area contributed by atoms with Crippen LogP contribution in [0.1, 0.15) is 40.9 Å². The molecular weight excluding hydrogens is 578 g/mol. The number of imidazole rings is 1. The lowest BCUT2D eigenvalue weighted by Crippen LogP contribution is -2.35.